The first-order valence-corrected chi connectivity index (χ1v) is 18.3. The Morgan fingerprint density at radius 1 is 0.913 bits per heavy atom. The molecule has 0 aromatic rings. The van der Waals surface area contributed by atoms with E-state index in [-0.39, 0.29) is 57.8 Å². The molecule has 6 heteroatoms. The molecule has 5 aliphatic rings. The zero-order valence-electron chi connectivity index (χ0n) is 31.1. The molecule has 46 heavy (non-hydrogen) atoms. The number of hydrogen-bond donors (Lipinski definition) is 1. The molecule has 260 valence electrons. The standard InChI is InChI=1S/C40H64O6/c1-24(2)31-26(42)21-40(23-41)20-19-38(11)25(32(31)40)13-14-28-37(10)17-16-29(36(8,9)27(37)15-18-39(28,38)12)45-30(43)22-35(6,7)33(44)46-34(3,4)5/h23-25,27-30,43H,13-22H2,1-12H3/t25-,27+,28-,29+,30?,37+,38-,39-,40+/m1/s1. The molecule has 1 N–H and O–H groups in total. The van der Waals surface area contributed by atoms with E-state index in [1.165, 1.54) is 5.57 Å². The van der Waals surface area contributed by atoms with Crippen LogP contribution in [0.25, 0.3) is 0 Å². The lowest BCUT2D eigenvalue weighted by Gasteiger charge is -2.72. The second kappa shape index (κ2) is 11.3. The maximum Gasteiger partial charge on any atom is 0.312 e. The number of allylic oxidation sites excluding steroid dienone is 2. The van der Waals surface area contributed by atoms with Gasteiger partial charge < -0.3 is 19.4 Å². The van der Waals surface area contributed by atoms with Crippen LogP contribution in [0.4, 0.5) is 0 Å². The number of esters is 1. The molecule has 4 fully saturated rings. The van der Waals surface area contributed by atoms with Gasteiger partial charge in [0.25, 0.3) is 0 Å². The zero-order chi connectivity index (χ0) is 34.5. The van der Waals surface area contributed by atoms with Crippen LogP contribution in [0.2, 0.25) is 0 Å². The van der Waals surface area contributed by atoms with Crippen molar-refractivity contribution in [1.82, 2.24) is 0 Å². The van der Waals surface area contributed by atoms with Crippen LogP contribution in [-0.2, 0) is 23.9 Å². The number of carbonyl (C=O) groups excluding carboxylic acids is 3. The molecule has 1 unspecified atom stereocenters. The Hall–Kier alpha value is -1.53. The maximum atomic E-state index is 13.4. The molecule has 0 aromatic carbocycles. The lowest BCUT2D eigenvalue weighted by Crippen LogP contribution is -2.66. The number of aliphatic hydroxyl groups is 1. The van der Waals surface area contributed by atoms with Gasteiger partial charge in [0.05, 0.1) is 16.9 Å². The van der Waals surface area contributed by atoms with Gasteiger partial charge in [-0.2, -0.15) is 0 Å². The molecule has 0 spiro atoms. The average Bonchev–Trinajstić information content (AvgIpc) is 3.22. The Morgan fingerprint density at radius 2 is 1.57 bits per heavy atom. The summed E-state index contributed by atoms with van der Waals surface area (Å²) in [6, 6.07) is 0. The molecular weight excluding hydrogens is 576 g/mol. The number of hydrogen-bond acceptors (Lipinski definition) is 6. The molecule has 0 aromatic heterocycles. The predicted octanol–water partition coefficient (Wildman–Crippen LogP) is 8.63. The highest BCUT2D eigenvalue weighted by atomic mass is 16.6. The van der Waals surface area contributed by atoms with Crippen LogP contribution in [0, 0.1) is 56.2 Å². The van der Waals surface area contributed by atoms with Crippen molar-refractivity contribution in [2.75, 3.05) is 0 Å². The first kappa shape index (κ1) is 35.8. The molecule has 0 saturated heterocycles. The minimum atomic E-state index is -1.04. The molecule has 9 atom stereocenters. The maximum absolute atomic E-state index is 13.4. The summed E-state index contributed by atoms with van der Waals surface area (Å²) in [6.45, 7) is 25.8. The monoisotopic (exact) mass is 640 g/mol. The topological polar surface area (TPSA) is 89.9 Å². The van der Waals surface area contributed by atoms with E-state index in [1.807, 2.05) is 34.6 Å². The third kappa shape index (κ3) is 5.29. The van der Waals surface area contributed by atoms with Crippen LogP contribution < -0.4 is 0 Å². The third-order valence-corrected chi connectivity index (χ3v) is 14.6. The first-order valence-electron chi connectivity index (χ1n) is 18.3. The number of ether oxygens (including phenoxy) is 2. The number of ketones is 1. The SMILES string of the molecule is CC(C)C1=C2[C@H]3CC[C@@H]4[C@@]5(C)CC[C@H](OC(O)CC(C)(C)C(=O)OC(C)(C)C)C(C)(C)[C@@H]5CC[C@@]4(C)[C@]3(C)CC[C@@]2(C=O)CC1=O. The van der Waals surface area contributed by atoms with Crippen molar-refractivity contribution in [1.29, 1.82) is 0 Å². The van der Waals surface area contributed by atoms with Gasteiger partial charge in [0.2, 0.25) is 0 Å². The number of aliphatic hydroxyl groups excluding tert-OH is 1. The molecule has 0 bridgehead atoms. The second-order valence-corrected chi connectivity index (χ2v) is 19.5. The van der Waals surface area contributed by atoms with Crippen molar-refractivity contribution in [3.63, 3.8) is 0 Å². The molecule has 4 saturated carbocycles. The predicted molar refractivity (Wildman–Crippen MR) is 181 cm³/mol. The highest BCUT2D eigenvalue weighted by Crippen LogP contribution is 2.76. The van der Waals surface area contributed by atoms with E-state index < -0.39 is 22.7 Å². The summed E-state index contributed by atoms with van der Waals surface area (Å²) in [5.74, 6) is 1.31. The van der Waals surface area contributed by atoms with Crippen LogP contribution in [0.15, 0.2) is 11.1 Å². The van der Waals surface area contributed by atoms with Crippen LogP contribution in [0.1, 0.15) is 147 Å². The fraction of sp³-hybridized carbons (Fsp3) is 0.875. The van der Waals surface area contributed by atoms with E-state index in [4.69, 9.17) is 9.47 Å². The minimum absolute atomic E-state index is 0.0391. The van der Waals surface area contributed by atoms with Crippen LogP contribution in [0.3, 0.4) is 0 Å². The quantitative estimate of drug-likeness (QED) is 0.170. The largest absolute Gasteiger partial charge is 0.460 e. The van der Waals surface area contributed by atoms with Crippen LogP contribution in [-0.4, -0.2) is 41.1 Å². The molecular formula is C40H64O6. The smallest absolute Gasteiger partial charge is 0.312 e. The van der Waals surface area contributed by atoms with Gasteiger partial charge in [-0.25, -0.2) is 0 Å². The summed E-state index contributed by atoms with van der Waals surface area (Å²) in [5.41, 5.74) is 0.298. The number of carbonyl (C=O) groups is 3. The van der Waals surface area contributed by atoms with Gasteiger partial charge in [-0.05, 0) is 142 Å². The molecule has 5 rings (SSSR count). The van der Waals surface area contributed by atoms with Crippen molar-refractivity contribution in [2.45, 2.75) is 165 Å². The Bertz CT molecular complexity index is 1280. The van der Waals surface area contributed by atoms with Crippen LogP contribution >= 0.6 is 0 Å². The lowest BCUT2D eigenvalue weighted by atomic mass is 9.33. The fourth-order valence-electron chi connectivity index (χ4n) is 12.2. The average molecular weight is 641 g/mol. The number of fused-ring (bicyclic) bond motifs is 7. The van der Waals surface area contributed by atoms with Gasteiger partial charge in [0.15, 0.2) is 12.1 Å². The van der Waals surface area contributed by atoms with Gasteiger partial charge in [0.1, 0.15) is 11.9 Å². The second-order valence-electron chi connectivity index (χ2n) is 19.5. The normalized spacial score (nSPS) is 41.3. The van der Waals surface area contributed by atoms with E-state index in [9.17, 15) is 19.5 Å². The zero-order valence-corrected chi connectivity index (χ0v) is 31.1. The molecule has 0 heterocycles. The Balaban J connectivity index is 1.38. The highest BCUT2D eigenvalue weighted by molar-refractivity contribution is 6.03. The van der Waals surface area contributed by atoms with Gasteiger partial charge in [-0.1, -0.05) is 48.5 Å². The van der Waals surface area contributed by atoms with E-state index in [1.54, 1.807) is 0 Å². The Labute approximate surface area is 279 Å². The summed E-state index contributed by atoms with van der Waals surface area (Å²) < 4.78 is 12.1. The molecule has 0 amide bonds. The fourth-order valence-corrected chi connectivity index (χ4v) is 12.2. The minimum Gasteiger partial charge on any atom is -0.460 e. The number of aldehydes is 1. The highest BCUT2D eigenvalue weighted by Gasteiger charge is 2.70. The number of rotatable bonds is 7. The third-order valence-electron chi connectivity index (χ3n) is 14.6. The van der Waals surface area contributed by atoms with E-state index in [0.717, 1.165) is 63.2 Å². The van der Waals surface area contributed by atoms with Crippen molar-refractivity contribution < 1.29 is 29.0 Å². The first-order chi connectivity index (χ1) is 21.0. The van der Waals surface area contributed by atoms with E-state index >= 15 is 0 Å². The molecule has 0 radical (unpaired) electrons. The Kier molecular flexibility index (Phi) is 8.75. The molecule has 5 aliphatic carbocycles. The van der Waals surface area contributed by atoms with Crippen LogP contribution in [0.5, 0.6) is 0 Å². The van der Waals surface area contributed by atoms with Gasteiger partial charge in [-0.3, -0.25) is 9.59 Å². The number of Topliss-reactive ketones (excluding diaryl/α,β-unsaturated/α-hetero) is 1. The summed E-state index contributed by atoms with van der Waals surface area (Å²) in [4.78, 5) is 39.1. The Morgan fingerprint density at radius 3 is 2.15 bits per heavy atom. The van der Waals surface area contributed by atoms with Gasteiger partial charge in [-0.15, -0.1) is 0 Å². The lowest BCUT2D eigenvalue weighted by molar-refractivity contribution is -0.257. The van der Waals surface area contributed by atoms with Crippen molar-refractivity contribution >= 4 is 18.0 Å². The molecule has 0 aliphatic heterocycles. The molecule has 6 nitrogen and oxygen atoms in total. The van der Waals surface area contributed by atoms with Gasteiger partial charge in [0, 0.05) is 12.8 Å². The van der Waals surface area contributed by atoms with Crippen molar-refractivity contribution in [3.05, 3.63) is 11.1 Å². The van der Waals surface area contributed by atoms with E-state index in [2.05, 4.69) is 48.5 Å². The van der Waals surface area contributed by atoms with Crippen molar-refractivity contribution in [3.8, 4) is 0 Å². The summed E-state index contributed by atoms with van der Waals surface area (Å²) in [5, 5.41) is 11.2. The summed E-state index contributed by atoms with van der Waals surface area (Å²) in [7, 11) is 0. The van der Waals surface area contributed by atoms with Crippen molar-refractivity contribution in [2.24, 2.45) is 56.2 Å². The summed E-state index contributed by atoms with van der Waals surface area (Å²) >= 11 is 0. The van der Waals surface area contributed by atoms with E-state index in [0.29, 0.717) is 18.3 Å². The van der Waals surface area contributed by atoms with Gasteiger partial charge >= 0.3 is 5.97 Å². The summed E-state index contributed by atoms with van der Waals surface area (Å²) in [6.07, 6.45) is 8.69.